The van der Waals surface area contributed by atoms with E-state index in [9.17, 15) is 4.79 Å². The van der Waals surface area contributed by atoms with Crippen LogP contribution in [0.3, 0.4) is 0 Å². The highest BCUT2D eigenvalue weighted by Crippen LogP contribution is 2.28. The number of H-pyrrole nitrogens is 1. The van der Waals surface area contributed by atoms with E-state index in [0.717, 1.165) is 39.0 Å². The van der Waals surface area contributed by atoms with Crippen molar-refractivity contribution in [2.24, 2.45) is 0 Å². The topological polar surface area (TPSA) is 79.5 Å². The second kappa shape index (κ2) is 10.1. The number of nitrogens with zero attached hydrogens (tertiary/aromatic N) is 2. The van der Waals surface area contributed by atoms with Gasteiger partial charge in [0.2, 0.25) is 5.91 Å². The van der Waals surface area contributed by atoms with Gasteiger partial charge in [-0.05, 0) is 47.5 Å². The van der Waals surface area contributed by atoms with Gasteiger partial charge in [0.15, 0.2) is 11.5 Å². The molecule has 0 bridgehead atoms. The van der Waals surface area contributed by atoms with Crippen molar-refractivity contribution >= 4 is 28.7 Å². The average molecular weight is 457 g/mol. The molecule has 0 unspecified atom stereocenters. The predicted octanol–water partition coefficient (Wildman–Crippen LogP) is 4.64. The Labute approximate surface area is 199 Å². The Morgan fingerprint density at radius 2 is 1.88 bits per heavy atom. The summed E-state index contributed by atoms with van der Waals surface area (Å²) >= 11 is 0. The molecule has 0 saturated heterocycles. The van der Waals surface area contributed by atoms with Crippen LogP contribution in [0.5, 0.6) is 11.5 Å². The molecular formula is C27H28N4O3. The Morgan fingerprint density at radius 1 is 1.06 bits per heavy atom. The molecule has 0 aliphatic carbocycles. The summed E-state index contributed by atoms with van der Waals surface area (Å²) < 4.78 is 10.6. The first-order valence-corrected chi connectivity index (χ1v) is 10.9. The van der Waals surface area contributed by atoms with E-state index in [1.807, 2.05) is 50.8 Å². The van der Waals surface area contributed by atoms with Gasteiger partial charge in [0.25, 0.3) is 0 Å². The van der Waals surface area contributed by atoms with Gasteiger partial charge in [-0.3, -0.25) is 4.79 Å². The van der Waals surface area contributed by atoms with Gasteiger partial charge in [-0.1, -0.05) is 18.2 Å². The second-order valence-corrected chi connectivity index (χ2v) is 8.05. The van der Waals surface area contributed by atoms with Crippen molar-refractivity contribution in [2.75, 3.05) is 33.2 Å². The molecule has 4 aromatic rings. The fourth-order valence-corrected chi connectivity index (χ4v) is 3.69. The SMILES string of the molecule is COc1ccc(CNC(=O)/C=C/c2c[nH]c3ncc(-c4cccc(N(C)C)c4)cc23)cc1OC. The van der Waals surface area contributed by atoms with Crippen molar-refractivity contribution in [2.45, 2.75) is 6.54 Å². The molecule has 7 heteroatoms. The third-order valence-electron chi connectivity index (χ3n) is 5.59. The van der Waals surface area contributed by atoms with Gasteiger partial charge >= 0.3 is 0 Å². The number of carbonyl (C=O) groups is 1. The molecule has 1 amide bonds. The van der Waals surface area contributed by atoms with Crippen molar-refractivity contribution < 1.29 is 14.3 Å². The number of nitrogens with one attached hydrogen (secondary N) is 2. The number of benzene rings is 2. The second-order valence-electron chi connectivity index (χ2n) is 8.05. The molecule has 174 valence electrons. The fraction of sp³-hybridized carbons (Fsp3) is 0.185. The van der Waals surface area contributed by atoms with Crippen LogP contribution < -0.4 is 19.7 Å². The van der Waals surface area contributed by atoms with Gasteiger partial charge in [-0.15, -0.1) is 0 Å². The van der Waals surface area contributed by atoms with Gasteiger partial charge in [0, 0.05) is 61.3 Å². The molecule has 2 aromatic heterocycles. The standard InChI is InChI=1S/C27H28N4O3/c1-31(2)22-7-5-6-19(13-22)21-14-23-20(16-29-27(23)30-17-21)9-11-26(32)28-15-18-8-10-24(33-3)25(12-18)34-4/h5-14,16-17H,15H2,1-4H3,(H,28,32)(H,29,30)/b11-9+. The first-order chi connectivity index (χ1) is 16.5. The van der Waals surface area contributed by atoms with Crippen molar-refractivity contribution in [1.29, 1.82) is 0 Å². The van der Waals surface area contributed by atoms with E-state index >= 15 is 0 Å². The predicted molar refractivity (Wildman–Crippen MR) is 136 cm³/mol. The number of amides is 1. The number of carbonyl (C=O) groups excluding carboxylic acids is 1. The average Bonchev–Trinajstić information content (AvgIpc) is 3.28. The third-order valence-corrected chi connectivity index (χ3v) is 5.59. The zero-order valence-corrected chi connectivity index (χ0v) is 19.8. The summed E-state index contributed by atoms with van der Waals surface area (Å²) in [4.78, 5) is 22.2. The molecule has 0 fully saturated rings. The van der Waals surface area contributed by atoms with Crippen molar-refractivity contribution in [3.63, 3.8) is 0 Å². The normalized spacial score (nSPS) is 11.1. The maximum atomic E-state index is 12.4. The molecule has 2 N–H and O–H groups in total. The minimum Gasteiger partial charge on any atom is -0.493 e. The number of hydrogen-bond donors (Lipinski definition) is 2. The Balaban J connectivity index is 1.48. The molecule has 0 saturated carbocycles. The molecule has 0 spiro atoms. The van der Waals surface area contributed by atoms with Crippen LogP contribution in [0.15, 0.2) is 67.0 Å². The highest BCUT2D eigenvalue weighted by molar-refractivity contribution is 5.96. The van der Waals surface area contributed by atoms with E-state index < -0.39 is 0 Å². The largest absolute Gasteiger partial charge is 0.493 e. The Kier molecular flexibility index (Phi) is 6.82. The Morgan fingerprint density at radius 3 is 2.65 bits per heavy atom. The first-order valence-electron chi connectivity index (χ1n) is 10.9. The minimum atomic E-state index is -0.188. The lowest BCUT2D eigenvalue weighted by Crippen LogP contribution is -2.20. The molecule has 34 heavy (non-hydrogen) atoms. The summed E-state index contributed by atoms with van der Waals surface area (Å²) in [5.74, 6) is 1.09. The van der Waals surface area contributed by atoms with Crippen molar-refractivity contribution in [3.8, 4) is 22.6 Å². The molecule has 2 heterocycles. The van der Waals surface area contributed by atoms with Gasteiger partial charge < -0.3 is 24.7 Å². The first kappa shape index (κ1) is 22.9. The lowest BCUT2D eigenvalue weighted by molar-refractivity contribution is -0.116. The summed E-state index contributed by atoms with van der Waals surface area (Å²) in [6.07, 6.45) is 7.04. The Bertz CT molecular complexity index is 1340. The molecule has 2 aromatic carbocycles. The highest BCUT2D eigenvalue weighted by atomic mass is 16.5. The number of hydrogen-bond acceptors (Lipinski definition) is 5. The summed E-state index contributed by atoms with van der Waals surface area (Å²) in [5.41, 5.74) is 5.82. The lowest BCUT2D eigenvalue weighted by Gasteiger charge is -2.13. The molecule has 0 atom stereocenters. The molecular weight excluding hydrogens is 428 g/mol. The highest BCUT2D eigenvalue weighted by Gasteiger charge is 2.08. The lowest BCUT2D eigenvalue weighted by atomic mass is 10.0. The third kappa shape index (κ3) is 5.04. The van der Waals surface area contributed by atoms with E-state index in [-0.39, 0.29) is 5.91 Å². The number of anilines is 1. The molecule has 0 aliphatic rings. The zero-order valence-electron chi connectivity index (χ0n) is 19.8. The van der Waals surface area contributed by atoms with Crippen molar-refractivity contribution in [1.82, 2.24) is 15.3 Å². The summed E-state index contributed by atoms with van der Waals surface area (Å²) in [5, 5.41) is 3.85. The number of pyridine rings is 1. The van der Waals surface area contributed by atoms with Gasteiger partial charge in [-0.25, -0.2) is 4.98 Å². The number of aromatic nitrogens is 2. The van der Waals surface area contributed by atoms with Crippen LogP contribution in [0.2, 0.25) is 0 Å². The van der Waals surface area contributed by atoms with Gasteiger partial charge in [0.1, 0.15) is 5.65 Å². The van der Waals surface area contributed by atoms with Crippen LogP contribution in [-0.2, 0) is 11.3 Å². The van der Waals surface area contributed by atoms with E-state index in [2.05, 4.69) is 44.5 Å². The summed E-state index contributed by atoms with van der Waals surface area (Å²) in [7, 11) is 7.22. The molecule has 4 rings (SSSR count). The smallest absolute Gasteiger partial charge is 0.244 e. The maximum absolute atomic E-state index is 12.4. The molecule has 0 aliphatic heterocycles. The summed E-state index contributed by atoms with van der Waals surface area (Å²) in [6.45, 7) is 0.380. The van der Waals surface area contributed by atoms with Crippen LogP contribution in [-0.4, -0.2) is 44.2 Å². The van der Waals surface area contributed by atoms with Crippen LogP contribution in [0, 0.1) is 0 Å². The van der Waals surface area contributed by atoms with E-state index in [0.29, 0.717) is 18.0 Å². The fourth-order valence-electron chi connectivity index (χ4n) is 3.69. The molecule has 7 nitrogen and oxygen atoms in total. The quantitative estimate of drug-likeness (QED) is 0.378. The van der Waals surface area contributed by atoms with E-state index in [4.69, 9.17) is 9.47 Å². The number of rotatable bonds is 8. The zero-order chi connectivity index (χ0) is 24.1. The molecule has 0 radical (unpaired) electrons. The Hall–Kier alpha value is -4.26. The van der Waals surface area contributed by atoms with Gasteiger partial charge in [-0.2, -0.15) is 0 Å². The van der Waals surface area contributed by atoms with E-state index in [1.54, 1.807) is 20.3 Å². The maximum Gasteiger partial charge on any atom is 0.244 e. The van der Waals surface area contributed by atoms with Crippen LogP contribution in [0.1, 0.15) is 11.1 Å². The number of ether oxygens (including phenoxy) is 2. The summed E-state index contributed by atoms with van der Waals surface area (Å²) in [6, 6.07) is 16.0. The van der Waals surface area contributed by atoms with E-state index in [1.165, 1.54) is 6.08 Å². The van der Waals surface area contributed by atoms with Crippen LogP contribution in [0.4, 0.5) is 5.69 Å². The van der Waals surface area contributed by atoms with Crippen LogP contribution >= 0.6 is 0 Å². The number of methoxy groups -OCH3 is 2. The monoisotopic (exact) mass is 456 g/mol. The minimum absolute atomic E-state index is 0.188. The number of aromatic amines is 1. The van der Waals surface area contributed by atoms with Crippen LogP contribution in [0.25, 0.3) is 28.2 Å². The van der Waals surface area contributed by atoms with Crippen molar-refractivity contribution in [3.05, 3.63) is 78.1 Å². The number of fused-ring (bicyclic) bond motifs is 1. The van der Waals surface area contributed by atoms with Gasteiger partial charge in [0.05, 0.1) is 14.2 Å².